The second-order valence-electron chi connectivity index (χ2n) is 4.64. The van der Waals surface area contributed by atoms with Crippen molar-refractivity contribution in [1.29, 1.82) is 0 Å². The third-order valence-corrected chi connectivity index (χ3v) is 3.28. The number of hydrogen-bond acceptors (Lipinski definition) is 3. The van der Waals surface area contributed by atoms with E-state index in [9.17, 15) is 9.59 Å². The van der Waals surface area contributed by atoms with Crippen LogP contribution in [0.1, 0.15) is 12.5 Å². The van der Waals surface area contributed by atoms with E-state index in [1.165, 1.54) is 0 Å². The lowest BCUT2D eigenvalue weighted by Gasteiger charge is -2.17. The van der Waals surface area contributed by atoms with Crippen molar-refractivity contribution in [3.8, 4) is 0 Å². The summed E-state index contributed by atoms with van der Waals surface area (Å²) >= 11 is 11.9. The van der Waals surface area contributed by atoms with Crippen LogP contribution < -0.4 is 10.6 Å². The van der Waals surface area contributed by atoms with E-state index in [-0.39, 0.29) is 24.9 Å². The van der Waals surface area contributed by atoms with Gasteiger partial charge in [-0.2, -0.15) is 0 Å². The molecule has 7 heteroatoms. The number of nitrogens with zero attached hydrogens (tertiary/aromatic N) is 1. The first kappa shape index (κ1) is 17.8. The van der Waals surface area contributed by atoms with E-state index in [1.54, 1.807) is 19.2 Å². The highest BCUT2D eigenvalue weighted by molar-refractivity contribution is 6.35. The highest BCUT2D eigenvalue weighted by atomic mass is 35.5. The average Bonchev–Trinajstić information content (AvgIpc) is 2.40. The molecule has 0 saturated carbocycles. The number of benzene rings is 1. The van der Waals surface area contributed by atoms with E-state index in [0.717, 1.165) is 5.56 Å². The van der Waals surface area contributed by atoms with Gasteiger partial charge in [-0.3, -0.25) is 14.5 Å². The first-order valence-corrected chi connectivity index (χ1v) is 7.33. The lowest BCUT2D eigenvalue weighted by molar-refractivity contribution is -0.126. The molecule has 0 aromatic heterocycles. The van der Waals surface area contributed by atoms with Crippen LogP contribution >= 0.6 is 23.2 Å². The van der Waals surface area contributed by atoms with Gasteiger partial charge in [-0.15, -0.1) is 0 Å². The molecule has 0 aliphatic carbocycles. The number of hydrogen-bond donors (Lipinski definition) is 2. The number of likely N-dealkylation sites (N-methyl/N-ethyl adjacent to an activating group) is 2. The van der Waals surface area contributed by atoms with E-state index >= 15 is 0 Å². The molecular formula is C14H19Cl2N3O2. The quantitative estimate of drug-likeness (QED) is 0.799. The van der Waals surface area contributed by atoms with Crippen molar-refractivity contribution < 1.29 is 9.59 Å². The predicted octanol–water partition coefficient (Wildman–Crippen LogP) is 1.68. The molecule has 0 radical (unpaired) electrons. The molecule has 0 spiro atoms. The molecule has 21 heavy (non-hydrogen) atoms. The van der Waals surface area contributed by atoms with Crippen LogP contribution in [0.3, 0.4) is 0 Å². The normalized spacial score (nSPS) is 10.5. The molecule has 2 amide bonds. The van der Waals surface area contributed by atoms with Crippen molar-refractivity contribution in [2.75, 3.05) is 26.7 Å². The fourth-order valence-corrected chi connectivity index (χ4v) is 2.20. The zero-order chi connectivity index (χ0) is 15.8. The summed E-state index contributed by atoms with van der Waals surface area (Å²) in [6.07, 6.45) is 0. The van der Waals surface area contributed by atoms with Crippen LogP contribution in [-0.4, -0.2) is 43.4 Å². The van der Waals surface area contributed by atoms with Gasteiger partial charge in [-0.25, -0.2) is 0 Å². The average molecular weight is 332 g/mol. The van der Waals surface area contributed by atoms with Crippen molar-refractivity contribution in [1.82, 2.24) is 15.5 Å². The topological polar surface area (TPSA) is 61.4 Å². The molecule has 0 heterocycles. The lowest BCUT2D eigenvalue weighted by atomic mass is 10.2. The van der Waals surface area contributed by atoms with Crippen molar-refractivity contribution in [3.63, 3.8) is 0 Å². The molecule has 0 bridgehead atoms. The van der Waals surface area contributed by atoms with Gasteiger partial charge in [0, 0.05) is 23.1 Å². The molecule has 5 nitrogen and oxygen atoms in total. The van der Waals surface area contributed by atoms with Crippen LogP contribution in [0.2, 0.25) is 10.0 Å². The molecular weight excluding hydrogens is 313 g/mol. The van der Waals surface area contributed by atoms with Gasteiger partial charge in [0.2, 0.25) is 11.8 Å². The number of halogens is 2. The smallest absolute Gasteiger partial charge is 0.239 e. The molecule has 0 unspecified atom stereocenters. The van der Waals surface area contributed by atoms with Crippen molar-refractivity contribution in [2.45, 2.75) is 13.5 Å². The predicted molar refractivity (Wildman–Crippen MR) is 84.5 cm³/mol. The van der Waals surface area contributed by atoms with E-state index < -0.39 is 0 Å². The van der Waals surface area contributed by atoms with Gasteiger partial charge >= 0.3 is 0 Å². The Labute approximate surface area is 134 Å². The first-order chi connectivity index (χ1) is 9.92. The zero-order valence-corrected chi connectivity index (χ0v) is 13.6. The Kier molecular flexibility index (Phi) is 7.50. The maximum atomic E-state index is 11.7. The maximum Gasteiger partial charge on any atom is 0.239 e. The Balaban J connectivity index is 2.40. The Bertz CT molecular complexity index is 509. The van der Waals surface area contributed by atoms with E-state index in [0.29, 0.717) is 23.1 Å². The monoisotopic (exact) mass is 331 g/mol. The number of rotatable bonds is 7. The summed E-state index contributed by atoms with van der Waals surface area (Å²) in [6.45, 7) is 3.05. The van der Waals surface area contributed by atoms with Gasteiger partial charge in [0.15, 0.2) is 0 Å². The first-order valence-electron chi connectivity index (χ1n) is 6.58. The van der Waals surface area contributed by atoms with Crippen LogP contribution in [-0.2, 0) is 16.1 Å². The fourth-order valence-electron chi connectivity index (χ4n) is 1.74. The van der Waals surface area contributed by atoms with Crippen molar-refractivity contribution in [2.24, 2.45) is 0 Å². The second-order valence-corrected chi connectivity index (χ2v) is 5.48. The Morgan fingerprint density at radius 2 is 1.90 bits per heavy atom. The van der Waals surface area contributed by atoms with Crippen LogP contribution in [0.5, 0.6) is 0 Å². The van der Waals surface area contributed by atoms with Crippen molar-refractivity contribution in [3.05, 3.63) is 33.8 Å². The Morgan fingerprint density at radius 1 is 1.19 bits per heavy atom. The Hall–Kier alpha value is -1.30. The molecule has 1 aromatic rings. The van der Waals surface area contributed by atoms with Gasteiger partial charge < -0.3 is 10.6 Å². The number of carbonyl (C=O) groups excluding carboxylic acids is 2. The molecule has 0 fully saturated rings. The molecule has 0 atom stereocenters. The number of carbonyl (C=O) groups is 2. The standard InChI is InChI=1S/C14H19Cl2N3O2/c1-3-17-13(20)7-18-14(21)9-19(2)8-10-4-5-11(15)6-12(10)16/h4-6H,3,7-9H2,1-2H3,(H,17,20)(H,18,21). The molecule has 0 aliphatic heterocycles. The second kappa shape index (κ2) is 8.87. The SMILES string of the molecule is CCNC(=O)CNC(=O)CN(C)Cc1ccc(Cl)cc1Cl. The van der Waals surface area contributed by atoms with Gasteiger partial charge in [-0.1, -0.05) is 29.3 Å². The highest BCUT2D eigenvalue weighted by Crippen LogP contribution is 2.21. The summed E-state index contributed by atoms with van der Waals surface area (Å²) in [6, 6.07) is 5.25. The van der Waals surface area contributed by atoms with Crippen LogP contribution in [0.15, 0.2) is 18.2 Å². The highest BCUT2D eigenvalue weighted by Gasteiger charge is 2.10. The summed E-state index contributed by atoms with van der Waals surface area (Å²) in [4.78, 5) is 24.7. The van der Waals surface area contributed by atoms with Gasteiger partial charge in [-0.05, 0) is 31.7 Å². The van der Waals surface area contributed by atoms with Crippen molar-refractivity contribution >= 4 is 35.0 Å². The third kappa shape index (κ3) is 6.80. The van der Waals surface area contributed by atoms with Crippen LogP contribution in [0, 0.1) is 0 Å². The molecule has 116 valence electrons. The largest absolute Gasteiger partial charge is 0.355 e. The zero-order valence-electron chi connectivity index (χ0n) is 12.1. The minimum Gasteiger partial charge on any atom is -0.355 e. The van der Waals surface area contributed by atoms with Gasteiger partial charge in [0.25, 0.3) is 0 Å². The molecule has 0 aliphatic rings. The van der Waals surface area contributed by atoms with Crippen LogP contribution in [0.4, 0.5) is 0 Å². The summed E-state index contributed by atoms with van der Waals surface area (Å²) in [5.74, 6) is -0.414. The molecule has 2 N–H and O–H groups in total. The summed E-state index contributed by atoms with van der Waals surface area (Å²) in [5.41, 5.74) is 0.889. The van der Waals surface area contributed by atoms with Crippen LogP contribution in [0.25, 0.3) is 0 Å². The minimum atomic E-state index is -0.214. The van der Waals surface area contributed by atoms with E-state index in [1.807, 2.05) is 17.9 Å². The van der Waals surface area contributed by atoms with Gasteiger partial charge in [0.05, 0.1) is 13.1 Å². The van der Waals surface area contributed by atoms with E-state index in [4.69, 9.17) is 23.2 Å². The molecule has 0 saturated heterocycles. The summed E-state index contributed by atoms with van der Waals surface area (Å²) in [7, 11) is 1.80. The Morgan fingerprint density at radius 3 is 2.52 bits per heavy atom. The fraction of sp³-hybridized carbons (Fsp3) is 0.429. The number of nitrogens with one attached hydrogen (secondary N) is 2. The third-order valence-electron chi connectivity index (χ3n) is 2.69. The maximum absolute atomic E-state index is 11.7. The summed E-state index contributed by atoms with van der Waals surface area (Å²) < 4.78 is 0. The van der Waals surface area contributed by atoms with Gasteiger partial charge in [0.1, 0.15) is 0 Å². The molecule has 1 aromatic carbocycles. The minimum absolute atomic E-state index is 0.0117. The van der Waals surface area contributed by atoms with E-state index in [2.05, 4.69) is 10.6 Å². The molecule has 1 rings (SSSR count). The summed E-state index contributed by atoms with van der Waals surface area (Å²) in [5, 5.41) is 6.31. The lowest BCUT2D eigenvalue weighted by Crippen LogP contribution is -2.41. The number of amides is 2.